The minimum Gasteiger partial charge on any atom is -0.493 e. The molecule has 0 radical (unpaired) electrons. The fourth-order valence-corrected chi connectivity index (χ4v) is 4.53. The number of carbonyl (C=O) groups excluding carboxylic acids is 1. The van der Waals surface area contributed by atoms with E-state index in [4.69, 9.17) is 37.8 Å². The summed E-state index contributed by atoms with van der Waals surface area (Å²) in [5.41, 5.74) is 1.84. The maximum atomic E-state index is 12.7. The van der Waals surface area contributed by atoms with Gasteiger partial charge in [-0.15, -0.1) is 0 Å². The van der Waals surface area contributed by atoms with Crippen molar-refractivity contribution in [2.24, 2.45) is 5.14 Å². The zero-order valence-corrected chi connectivity index (χ0v) is 18.9. The zero-order valence-electron chi connectivity index (χ0n) is 16.6. The third-order valence-corrected chi connectivity index (χ3v) is 6.36. The fraction of sp³-hybridized carbons (Fsp3) is 0.136. The predicted octanol–water partition coefficient (Wildman–Crippen LogP) is 4.55. The van der Waals surface area contributed by atoms with E-state index in [-0.39, 0.29) is 28.7 Å². The van der Waals surface area contributed by atoms with Crippen LogP contribution in [0.4, 0.5) is 5.69 Å². The Morgan fingerprint density at radius 3 is 2.69 bits per heavy atom. The second-order valence-corrected chi connectivity index (χ2v) is 9.47. The van der Waals surface area contributed by atoms with E-state index in [1.807, 2.05) is 0 Å². The number of nitrogens with two attached hydrogens (primary N) is 1. The highest BCUT2D eigenvalue weighted by atomic mass is 35.5. The Morgan fingerprint density at radius 2 is 1.94 bits per heavy atom. The number of nitrogens with one attached hydrogen (secondary N) is 1. The quantitative estimate of drug-likeness (QED) is 0.524. The number of fused-ring (bicyclic) bond motifs is 1. The number of amides is 1. The van der Waals surface area contributed by atoms with E-state index in [1.165, 1.54) is 24.3 Å². The van der Waals surface area contributed by atoms with E-state index >= 15 is 0 Å². The van der Waals surface area contributed by atoms with Gasteiger partial charge in [-0.3, -0.25) is 4.79 Å². The van der Waals surface area contributed by atoms with Gasteiger partial charge in [0, 0.05) is 27.7 Å². The van der Waals surface area contributed by atoms with Crippen molar-refractivity contribution in [1.82, 2.24) is 0 Å². The first-order valence-corrected chi connectivity index (χ1v) is 11.8. The molecule has 32 heavy (non-hydrogen) atoms. The first-order valence-electron chi connectivity index (χ1n) is 9.54. The maximum absolute atomic E-state index is 12.7. The lowest BCUT2D eigenvalue weighted by Gasteiger charge is -2.13. The summed E-state index contributed by atoms with van der Waals surface area (Å²) in [5, 5.41) is 8.96. The van der Waals surface area contributed by atoms with Gasteiger partial charge in [0.1, 0.15) is 22.1 Å². The van der Waals surface area contributed by atoms with Crippen LogP contribution < -0.4 is 19.9 Å². The molecule has 0 atom stereocenters. The number of anilines is 1. The zero-order chi connectivity index (χ0) is 22.9. The van der Waals surface area contributed by atoms with Gasteiger partial charge in [0.15, 0.2) is 0 Å². The monoisotopic (exact) mass is 492 g/mol. The van der Waals surface area contributed by atoms with E-state index in [2.05, 4.69) is 5.32 Å². The molecule has 0 saturated carbocycles. The van der Waals surface area contributed by atoms with Crippen LogP contribution in [0.2, 0.25) is 10.0 Å². The summed E-state index contributed by atoms with van der Waals surface area (Å²) < 4.78 is 35.5. The summed E-state index contributed by atoms with van der Waals surface area (Å²) in [5.74, 6) is 0.704. The molecule has 0 aliphatic carbocycles. The lowest BCUT2D eigenvalue weighted by atomic mass is 10.0. The number of primary sulfonamides is 1. The molecular weight excluding hydrogens is 475 g/mol. The number of hydrogen-bond acceptors (Lipinski definition) is 5. The molecule has 7 nitrogen and oxygen atoms in total. The molecule has 3 aromatic carbocycles. The molecule has 3 aromatic rings. The number of halogens is 2. The van der Waals surface area contributed by atoms with Gasteiger partial charge < -0.3 is 14.8 Å². The lowest BCUT2D eigenvalue weighted by molar-refractivity contribution is -0.115. The molecule has 0 bridgehead atoms. The first-order chi connectivity index (χ1) is 15.2. The van der Waals surface area contributed by atoms with E-state index in [0.717, 1.165) is 11.3 Å². The predicted molar refractivity (Wildman–Crippen MR) is 122 cm³/mol. The molecule has 10 heteroatoms. The highest BCUT2D eigenvalue weighted by Crippen LogP contribution is 2.34. The maximum Gasteiger partial charge on any atom is 0.241 e. The van der Waals surface area contributed by atoms with E-state index in [1.54, 1.807) is 30.3 Å². The largest absolute Gasteiger partial charge is 0.493 e. The fourth-order valence-electron chi connectivity index (χ4n) is 3.42. The van der Waals surface area contributed by atoms with Gasteiger partial charge in [-0.1, -0.05) is 29.3 Å². The number of ether oxygens (including phenoxy) is 2. The molecule has 0 unspecified atom stereocenters. The molecule has 166 valence electrons. The molecule has 0 aromatic heterocycles. The Balaban J connectivity index is 1.57. The van der Waals surface area contributed by atoms with Gasteiger partial charge in [0.2, 0.25) is 15.9 Å². The van der Waals surface area contributed by atoms with Crippen molar-refractivity contribution >= 4 is 44.8 Å². The van der Waals surface area contributed by atoms with Gasteiger partial charge in [0.05, 0.1) is 13.0 Å². The molecule has 0 spiro atoms. The van der Waals surface area contributed by atoms with Gasteiger partial charge in [0.25, 0.3) is 0 Å². The van der Waals surface area contributed by atoms with Crippen molar-refractivity contribution in [2.45, 2.75) is 17.7 Å². The number of benzene rings is 3. The summed E-state index contributed by atoms with van der Waals surface area (Å²) >= 11 is 12.2. The summed E-state index contributed by atoms with van der Waals surface area (Å²) in [4.78, 5) is 12.4. The minimum atomic E-state index is -4.14. The van der Waals surface area contributed by atoms with Gasteiger partial charge in [-0.05, 0) is 54.1 Å². The highest BCUT2D eigenvalue weighted by molar-refractivity contribution is 7.89. The second-order valence-electron chi connectivity index (χ2n) is 7.09. The average molecular weight is 493 g/mol. The van der Waals surface area contributed by atoms with Crippen LogP contribution in [-0.2, 0) is 27.7 Å². The molecule has 0 saturated heterocycles. The van der Waals surface area contributed by atoms with Crippen LogP contribution in [0.3, 0.4) is 0 Å². The Labute approximate surface area is 195 Å². The lowest BCUT2D eigenvalue weighted by Crippen LogP contribution is -2.17. The van der Waals surface area contributed by atoms with Crippen LogP contribution in [0.5, 0.6) is 17.2 Å². The summed E-state index contributed by atoms with van der Waals surface area (Å²) in [6.07, 6.45) is 0.681. The first kappa shape index (κ1) is 22.4. The Hall–Kier alpha value is -2.78. The van der Waals surface area contributed by atoms with Crippen molar-refractivity contribution in [3.63, 3.8) is 0 Å². The van der Waals surface area contributed by atoms with E-state index in [0.29, 0.717) is 34.4 Å². The molecule has 1 heterocycles. The van der Waals surface area contributed by atoms with Crippen LogP contribution in [0, 0.1) is 0 Å². The number of carbonyl (C=O) groups is 1. The third kappa shape index (κ3) is 4.99. The van der Waals surface area contributed by atoms with Crippen molar-refractivity contribution in [1.29, 1.82) is 0 Å². The van der Waals surface area contributed by atoms with Crippen LogP contribution in [-0.4, -0.2) is 20.9 Å². The standard InChI is InChI=1S/C22H18Cl2N2O5S/c23-13-2-1-3-15(10-13)31-20-6-4-14(11-21(20)32(25,28)29)26-22(27)12-17-16-8-9-30-19(16)7-5-18(17)24/h1-7,10-11H,8-9,12H2,(H,26,27)(H2,25,28,29). The Bertz CT molecular complexity index is 1310. The second kappa shape index (κ2) is 8.99. The Morgan fingerprint density at radius 1 is 1.12 bits per heavy atom. The number of sulfonamides is 1. The van der Waals surface area contributed by atoms with Gasteiger partial charge in [-0.25, -0.2) is 13.6 Å². The topological polar surface area (TPSA) is 108 Å². The van der Waals surface area contributed by atoms with Crippen LogP contribution in [0.1, 0.15) is 11.1 Å². The molecule has 1 amide bonds. The van der Waals surface area contributed by atoms with Crippen molar-refractivity contribution in [2.75, 3.05) is 11.9 Å². The summed E-state index contributed by atoms with van der Waals surface area (Å²) in [6.45, 7) is 0.538. The minimum absolute atomic E-state index is 0.00818. The highest BCUT2D eigenvalue weighted by Gasteiger charge is 2.22. The SMILES string of the molecule is NS(=O)(=O)c1cc(NC(=O)Cc2c(Cl)ccc3c2CCO3)ccc1Oc1cccc(Cl)c1. The van der Waals surface area contributed by atoms with Gasteiger partial charge in [-0.2, -0.15) is 0 Å². The Kier molecular flexibility index (Phi) is 6.30. The molecule has 1 aliphatic rings. The van der Waals surface area contributed by atoms with Crippen LogP contribution in [0.25, 0.3) is 0 Å². The van der Waals surface area contributed by atoms with E-state index < -0.39 is 10.0 Å². The van der Waals surface area contributed by atoms with Crippen molar-refractivity contribution < 1.29 is 22.7 Å². The molecular formula is C22H18Cl2N2O5S. The third-order valence-electron chi connectivity index (χ3n) is 4.84. The summed E-state index contributed by atoms with van der Waals surface area (Å²) in [6, 6.07) is 14.1. The smallest absolute Gasteiger partial charge is 0.241 e. The number of hydrogen-bond donors (Lipinski definition) is 2. The van der Waals surface area contributed by atoms with Crippen LogP contribution in [0.15, 0.2) is 59.5 Å². The molecule has 1 aliphatic heterocycles. The molecule has 0 fully saturated rings. The molecule has 4 rings (SSSR count). The average Bonchev–Trinajstić information content (AvgIpc) is 3.20. The van der Waals surface area contributed by atoms with Gasteiger partial charge >= 0.3 is 0 Å². The van der Waals surface area contributed by atoms with Crippen molar-refractivity contribution in [3.8, 4) is 17.2 Å². The normalized spacial score (nSPS) is 12.7. The van der Waals surface area contributed by atoms with Crippen molar-refractivity contribution in [3.05, 3.63) is 75.8 Å². The van der Waals surface area contributed by atoms with E-state index in [9.17, 15) is 13.2 Å². The number of rotatable bonds is 6. The van der Waals surface area contributed by atoms with Crippen LogP contribution >= 0.6 is 23.2 Å². The summed E-state index contributed by atoms with van der Waals surface area (Å²) in [7, 11) is -4.14. The molecule has 3 N–H and O–H groups in total.